The molecule has 2 atom stereocenters. The van der Waals surface area contributed by atoms with Crippen molar-refractivity contribution >= 4 is 6.47 Å². The highest BCUT2D eigenvalue weighted by molar-refractivity contribution is 5.39. The third kappa shape index (κ3) is 2.86. The average molecular weight is 234 g/mol. The molecule has 1 aromatic carbocycles. The highest BCUT2D eigenvalue weighted by Gasteiger charge is 2.35. The molecule has 3 heteroatoms. The SMILES string of the molecule is CC(C)(C)c1ccc(C(OC=O)C2CO2)cc1. The first kappa shape index (κ1) is 12.1. The van der Waals surface area contributed by atoms with Gasteiger partial charge in [-0.3, -0.25) is 4.79 Å². The number of hydrogen-bond donors (Lipinski definition) is 0. The van der Waals surface area contributed by atoms with Crippen molar-refractivity contribution in [3.05, 3.63) is 35.4 Å². The lowest BCUT2D eigenvalue weighted by molar-refractivity contribution is -0.134. The Kier molecular flexibility index (Phi) is 3.20. The molecule has 1 aromatic rings. The Labute approximate surface area is 102 Å². The maximum absolute atomic E-state index is 10.5. The molecule has 1 fully saturated rings. The van der Waals surface area contributed by atoms with Crippen molar-refractivity contribution in [2.24, 2.45) is 0 Å². The maximum Gasteiger partial charge on any atom is 0.293 e. The number of carbonyl (C=O) groups is 1. The Bertz CT molecular complexity index is 385. The van der Waals surface area contributed by atoms with E-state index in [0.29, 0.717) is 13.1 Å². The van der Waals surface area contributed by atoms with Gasteiger partial charge in [-0.2, -0.15) is 0 Å². The van der Waals surface area contributed by atoms with Gasteiger partial charge in [0.15, 0.2) is 6.10 Å². The third-order valence-electron chi connectivity index (χ3n) is 3.00. The van der Waals surface area contributed by atoms with E-state index in [4.69, 9.17) is 9.47 Å². The summed E-state index contributed by atoms with van der Waals surface area (Å²) in [6.07, 6.45) is -0.234. The Balaban J connectivity index is 2.18. The molecule has 1 aliphatic heterocycles. The molecule has 0 spiro atoms. The third-order valence-corrected chi connectivity index (χ3v) is 3.00. The van der Waals surface area contributed by atoms with Crippen LogP contribution in [0.5, 0.6) is 0 Å². The topological polar surface area (TPSA) is 38.8 Å². The molecule has 92 valence electrons. The average Bonchev–Trinajstić information content (AvgIpc) is 3.09. The summed E-state index contributed by atoms with van der Waals surface area (Å²) < 4.78 is 10.3. The fourth-order valence-corrected chi connectivity index (χ4v) is 1.84. The Hall–Kier alpha value is -1.35. The maximum atomic E-state index is 10.5. The van der Waals surface area contributed by atoms with E-state index in [1.807, 2.05) is 12.1 Å². The van der Waals surface area contributed by atoms with Crippen LogP contribution < -0.4 is 0 Å². The second-order valence-electron chi connectivity index (χ2n) is 5.40. The lowest BCUT2D eigenvalue weighted by Gasteiger charge is -2.20. The summed E-state index contributed by atoms with van der Waals surface area (Å²) in [6.45, 7) is 7.67. The molecule has 2 unspecified atom stereocenters. The van der Waals surface area contributed by atoms with Gasteiger partial charge >= 0.3 is 0 Å². The van der Waals surface area contributed by atoms with Crippen LogP contribution in [0.25, 0.3) is 0 Å². The summed E-state index contributed by atoms with van der Waals surface area (Å²) in [5.41, 5.74) is 2.39. The molecule has 0 aromatic heterocycles. The van der Waals surface area contributed by atoms with Crippen molar-refractivity contribution in [2.75, 3.05) is 6.61 Å². The minimum Gasteiger partial charge on any atom is -0.457 e. The normalized spacial score (nSPS) is 20.8. The number of epoxide rings is 1. The van der Waals surface area contributed by atoms with E-state index in [2.05, 4.69) is 32.9 Å². The van der Waals surface area contributed by atoms with E-state index in [0.717, 1.165) is 5.56 Å². The quantitative estimate of drug-likeness (QED) is 0.593. The van der Waals surface area contributed by atoms with Crippen LogP contribution in [0, 0.1) is 0 Å². The number of hydrogen-bond acceptors (Lipinski definition) is 3. The monoisotopic (exact) mass is 234 g/mol. The highest BCUT2D eigenvalue weighted by atomic mass is 16.6. The minimum atomic E-state index is -0.262. The molecular weight excluding hydrogens is 216 g/mol. The fraction of sp³-hybridized carbons (Fsp3) is 0.500. The van der Waals surface area contributed by atoms with Crippen LogP contribution in [0.4, 0.5) is 0 Å². The summed E-state index contributed by atoms with van der Waals surface area (Å²) >= 11 is 0. The predicted molar refractivity (Wildman–Crippen MR) is 64.8 cm³/mol. The molecular formula is C14H18O3. The molecule has 1 saturated heterocycles. The summed E-state index contributed by atoms with van der Waals surface area (Å²) in [5, 5.41) is 0. The standard InChI is InChI=1S/C14H18O3/c1-14(2,3)11-6-4-10(5-7-11)13(17-9-15)12-8-16-12/h4-7,9,12-13H,8H2,1-3H3. The second-order valence-corrected chi connectivity index (χ2v) is 5.40. The number of carbonyl (C=O) groups excluding carboxylic acids is 1. The molecule has 0 N–H and O–H groups in total. The van der Waals surface area contributed by atoms with Gasteiger partial charge in [-0.1, -0.05) is 45.0 Å². The Morgan fingerprint density at radius 2 is 1.94 bits per heavy atom. The van der Waals surface area contributed by atoms with Crippen LogP contribution in [0.2, 0.25) is 0 Å². The molecule has 1 heterocycles. The first-order valence-corrected chi connectivity index (χ1v) is 5.83. The summed E-state index contributed by atoms with van der Waals surface area (Å²) in [6, 6.07) is 8.19. The van der Waals surface area contributed by atoms with Crippen molar-refractivity contribution in [3.8, 4) is 0 Å². The largest absolute Gasteiger partial charge is 0.457 e. The van der Waals surface area contributed by atoms with Gasteiger partial charge in [0.2, 0.25) is 0 Å². The summed E-state index contributed by atoms with van der Waals surface area (Å²) in [7, 11) is 0. The Morgan fingerprint density at radius 1 is 1.35 bits per heavy atom. The summed E-state index contributed by atoms with van der Waals surface area (Å²) in [4.78, 5) is 10.5. The van der Waals surface area contributed by atoms with Crippen molar-refractivity contribution in [3.63, 3.8) is 0 Å². The zero-order valence-corrected chi connectivity index (χ0v) is 10.5. The lowest BCUT2D eigenvalue weighted by atomic mass is 9.86. The lowest BCUT2D eigenvalue weighted by Crippen LogP contribution is -2.13. The van der Waals surface area contributed by atoms with Crippen molar-refractivity contribution in [1.29, 1.82) is 0 Å². The molecule has 2 rings (SSSR count). The van der Waals surface area contributed by atoms with Crippen LogP contribution in [0.15, 0.2) is 24.3 Å². The smallest absolute Gasteiger partial charge is 0.293 e. The molecule has 0 bridgehead atoms. The van der Waals surface area contributed by atoms with Crippen molar-refractivity contribution < 1.29 is 14.3 Å². The molecule has 0 amide bonds. The van der Waals surface area contributed by atoms with Gasteiger partial charge in [-0.05, 0) is 16.5 Å². The molecule has 0 radical (unpaired) electrons. The van der Waals surface area contributed by atoms with Crippen molar-refractivity contribution in [1.82, 2.24) is 0 Å². The van der Waals surface area contributed by atoms with E-state index < -0.39 is 0 Å². The first-order valence-electron chi connectivity index (χ1n) is 5.83. The predicted octanol–water partition coefficient (Wildman–Crippen LogP) is 2.60. The van der Waals surface area contributed by atoms with Crippen LogP contribution in [-0.4, -0.2) is 19.2 Å². The second kappa shape index (κ2) is 4.49. The van der Waals surface area contributed by atoms with Crippen LogP contribution >= 0.6 is 0 Å². The van der Waals surface area contributed by atoms with Gasteiger partial charge in [0, 0.05) is 0 Å². The van der Waals surface area contributed by atoms with Gasteiger partial charge in [-0.15, -0.1) is 0 Å². The highest BCUT2D eigenvalue weighted by Crippen LogP contribution is 2.32. The van der Waals surface area contributed by atoms with Crippen LogP contribution in [0.3, 0.4) is 0 Å². The zero-order valence-electron chi connectivity index (χ0n) is 10.5. The van der Waals surface area contributed by atoms with Gasteiger partial charge in [0.05, 0.1) is 6.61 Å². The molecule has 1 aliphatic rings. The molecule has 0 aliphatic carbocycles. The van der Waals surface area contributed by atoms with Gasteiger partial charge in [-0.25, -0.2) is 0 Å². The molecule has 0 saturated carbocycles. The number of rotatable bonds is 4. The zero-order chi connectivity index (χ0) is 12.5. The van der Waals surface area contributed by atoms with Crippen LogP contribution in [0.1, 0.15) is 38.0 Å². The van der Waals surface area contributed by atoms with Crippen molar-refractivity contribution in [2.45, 2.75) is 38.4 Å². The van der Waals surface area contributed by atoms with E-state index in [1.165, 1.54) is 5.56 Å². The van der Waals surface area contributed by atoms with E-state index >= 15 is 0 Å². The Morgan fingerprint density at radius 3 is 2.35 bits per heavy atom. The minimum absolute atomic E-state index is 0.0284. The van der Waals surface area contributed by atoms with E-state index in [1.54, 1.807) is 0 Å². The van der Waals surface area contributed by atoms with E-state index in [-0.39, 0.29) is 17.6 Å². The van der Waals surface area contributed by atoms with Gasteiger partial charge in [0.25, 0.3) is 6.47 Å². The van der Waals surface area contributed by atoms with Gasteiger partial charge < -0.3 is 9.47 Å². The molecule has 17 heavy (non-hydrogen) atoms. The number of benzene rings is 1. The van der Waals surface area contributed by atoms with Crippen LogP contribution in [-0.2, 0) is 19.7 Å². The van der Waals surface area contributed by atoms with Gasteiger partial charge in [0.1, 0.15) is 6.10 Å². The summed E-state index contributed by atoms with van der Waals surface area (Å²) in [5.74, 6) is 0. The number of ether oxygens (including phenoxy) is 2. The fourth-order valence-electron chi connectivity index (χ4n) is 1.84. The first-order chi connectivity index (χ1) is 8.02. The van der Waals surface area contributed by atoms with E-state index in [9.17, 15) is 4.79 Å². The molecule has 3 nitrogen and oxygen atoms in total.